The summed E-state index contributed by atoms with van der Waals surface area (Å²) >= 11 is 0. The highest BCUT2D eigenvalue weighted by molar-refractivity contribution is 5.41. The molecule has 0 saturated carbocycles. The predicted molar refractivity (Wildman–Crippen MR) is 79.1 cm³/mol. The normalized spacial score (nSPS) is 16.6. The van der Waals surface area contributed by atoms with Gasteiger partial charge in [0.15, 0.2) is 11.6 Å². The highest BCUT2D eigenvalue weighted by Gasteiger charge is 2.34. The number of anilines is 1. The Labute approximate surface area is 136 Å². The van der Waals surface area contributed by atoms with Crippen LogP contribution < -0.4 is 4.90 Å². The van der Waals surface area contributed by atoms with E-state index in [0.717, 1.165) is 6.20 Å². The standard InChI is InChI=1S/C15H17F4N5/c1-2-10-12(16)14(22-8-21-10)24-5-3-9(4-6-24)13-20-7-11(23-13)15(17,18)19/h7-9H,2-6H2,1H3,(H,20,23). The second-order valence-electron chi connectivity index (χ2n) is 5.75. The highest BCUT2D eigenvalue weighted by Crippen LogP contribution is 2.32. The first kappa shape index (κ1) is 16.7. The van der Waals surface area contributed by atoms with Crippen LogP contribution in [0.15, 0.2) is 12.5 Å². The van der Waals surface area contributed by atoms with Crippen molar-refractivity contribution in [1.29, 1.82) is 0 Å². The fraction of sp³-hybridized carbons (Fsp3) is 0.533. The van der Waals surface area contributed by atoms with Gasteiger partial charge in [0.2, 0.25) is 0 Å². The van der Waals surface area contributed by atoms with Crippen molar-refractivity contribution in [1.82, 2.24) is 19.9 Å². The second kappa shape index (κ2) is 6.37. The Balaban J connectivity index is 1.69. The summed E-state index contributed by atoms with van der Waals surface area (Å²) in [5.41, 5.74) is -0.475. The van der Waals surface area contributed by atoms with E-state index in [1.54, 1.807) is 4.90 Å². The summed E-state index contributed by atoms with van der Waals surface area (Å²) < 4.78 is 52.2. The number of aromatic nitrogens is 4. The lowest BCUT2D eigenvalue weighted by Crippen LogP contribution is -2.34. The first-order valence-corrected chi connectivity index (χ1v) is 7.76. The van der Waals surface area contributed by atoms with Crippen LogP contribution in [0.4, 0.5) is 23.4 Å². The summed E-state index contributed by atoms with van der Waals surface area (Å²) in [4.78, 5) is 15.9. The maximum atomic E-state index is 14.3. The van der Waals surface area contributed by atoms with Crippen LogP contribution in [0.5, 0.6) is 0 Å². The number of piperidine rings is 1. The van der Waals surface area contributed by atoms with Crippen molar-refractivity contribution in [2.75, 3.05) is 18.0 Å². The molecule has 24 heavy (non-hydrogen) atoms. The van der Waals surface area contributed by atoms with E-state index in [2.05, 4.69) is 19.9 Å². The average molecular weight is 343 g/mol. The first-order valence-electron chi connectivity index (χ1n) is 7.76. The minimum Gasteiger partial charge on any atom is -0.354 e. The number of H-pyrrole nitrogens is 1. The number of rotatable bonds is 3. The molecule has 1 fully saturated rings. The summed E-state index contributed by atoms with van der Waals surface area (Å²) in [6.07, 6.45) is -0.632. The number of nitrogens with zero attached hydrogens (tertiary/aromatic N) is 4. The molecule has 0 spiro atoms. The van der Waals surface area contributed by atoms with Gasteiger partial charge in [-0.2, -0.15) is 13.2 Å². The number of halogens is 4. The second-order valence-corrected chi connectivity index (χ2v) is 5.75. The summed E-state index contributed by atoms with van der Waals surface area (Å²) in [5, 5.41) is 0. The first-order chi connectivity index (χ1) is 11.4. The van der Waals surface area contributed by atoms with Crippen LogP contribution in [-0.2, 0) is 12.6 Å². The molecule has 5 nitrogen and oxygen atoms in total. The van der Waals surface area contributed by atoms with E-state index < -0.39 is 17.7 Å². The third kappa shape index (κ3) is 3.20. The molecule has 0 bridgehead atoms. The van der Waals surface area contributed by atoms with Gasteiger partial charge in [-0.25, -0.2) is 19.3 Å². The van der Waals surface area contributed by atoms with Crippen molar-refractivity contribution >= 4 is 5.82 Å². The molecule has 0 unspecified atom stereocenters. The summed E-state index contributed by atoms with van der Waals surface area (Å²) in [6, 6.07) is 0. The van der Waals surface area contributed by atoms with E-state index in [0.29, 0.717) is 43.9 Å². The van der Waals surface area contributed by atoms with Gasteiger partial charge in [0, 0.05) is 19.0 Å². The molecular formula is C15H17F4N5. The Bertz CT molecular complexity index is 704. The van der Waals surface area contributed by atoms with Gasteiger partial charge in [0.05, 0.1) is 11.9 Å². The molecule has 2 aromatic heterocycles. The van der Waals surface area contributed by atoms with Gasteiger partial charge in [-0.15, -0.1) is 0 Å². The molecule has 0 amide bonds. The molecule has 3 heterocycles. The molecule has 1 aliphatic heterocycles. The molecule has 1 saturated heterocycles. The minimum absolute atomic E-state index is 0.104. The summed E-state index contributed by atoms with van der Waals surface area (Å²) in [5.74, 6) is 0.0683. The van der Waals surface area contributed by atoms with Gasteiger partial charge in [0.25, 0.3) is 0 Å². The molecule has 9 heteroatoms. The lowest BCUT2D eigenvalue weighted by Gasteiger charge is -2.32. The third-order valence-corrected chi connectivity index (χ3v) is 4.26. The molecule has 0 atom stereocenters. The molecule has 0 radical (unpaired) electrons. The third-order valence-electron chi connectivity index (χ3n) is 4.26. The lowest BCUT2D eigenvalue weighted by molar-refractivity contribution is -0.141. The fourth-order valence-corrected chi connectivity index (χ4v) is 2.92. The van der Waals surface area contributed by atoms with E-state index >= 15 is 0 Å². The molecule has 0 aliphatic carbocycles. The zero-order chi connectivity index (χ0) is 17.3. The molecule has 1 aliphatic rings. The van der Waals surface area contributed by atoms with Crippen molar-refractivity contribution in [2.24, 2.45) is 0 Å². The van der Waals surface area contributed by atoms with Crippen LogP contribution >= 0.6 is 0 Å². The monoisotopic (exact) mass is 343 g/mol. The largest absolute Gasteiger partial charge is 0.432 e. The number of aromatic amines is 1. The van der Waals surface area contributed by atoms with Crippen molar-refractivity contribution in [3.05, 3.63) is 35.6 Å². The van der Waals surface area contributed by atoms with Gasteiger partial charge >= 0.3 is 6.18 Å². The fourth-order valence-electron chi connectivity index (χ4n) is 2.92. The Hall–Kier alpha value is -2.19. The Morgan fingerprint density at radius 2 is 1.92 bits per heavy atom. The van der Waals surface area contributed by atoms with Crippen LogP contribution in [0.25, 0.3) is 0 Å². The zero-order valence-corrected chi connectivity index (χ0v) is 13.1. The summed E-state index contributed by atoms with van der Waals surface area (Å²) in [6.45, 7) is 2.82. The van der Waals surface area contributed by atoms with Crippen LogP contribution in [0.3, 0.4) is 0 Å². The van der Waals surface area contributed by atoms with E-state index in [4.69, 9.17) is 0 Å². The molecular weight excluding hydrogens is 326 g/mol. The smallest absolute Gasteiger partial charge is 0.354 e. The quantitative estimate of drug-likeness (QED) is 0.869. The van der Waals surface area contributed by atoms with Crippen LogP contribution in [0, 0.1) is 5.82 Å². The molecule has 0 aromatic carbocycles. The lowest BCUT2D eigenvalue weighted by atomic mass is 9.96. The Kier molecular flexibility index (Phi) is 4.42. The number of nitrogens with one attached hydrogen (secondary N) is 1. The maximum Gasteiger partial charge on any atom is 0.432 e. The number of aryl methyl sites for hydroxylation is 1. The number of hydrogen-bond acceptors (Lipinski definition) is 4. The van der Waals surface area contributed by atoms with E-state index in [-0.39, 0.29) is 11.7 Å². The molecule has 1 N–H and O–H groups in total. The van der Waals surface area contributed by atoms with Crippen molar-refractivity contribution < 1.29 is 17.6 Å². The minimum atomic E-state index is -4.42. The number of hydrogen-bond donors (Lipinski definition) is 1. The number of imidazole rings is 1. The average Bonchev–Trinajstić information content (AvgIpc) is 3.06. The van der Waals surface area contributed by atoms with E-state index in [9.17, 15) is 17.6 Å². The highest BCUT2D eigenvalue weighted by atomic mass is 19.4. The predicted octanol–water partition coefficient (Wildman–Crippen LogP) is 3.30. The van der Waals surface area contributed by atoms with Gasteiger partial charge in [-0.05, 0) is 19.3 Å². The SMILES string of the molecule is CCc1ncnc(N2CCC(c3ncc(C(F)(F)F)[nH]3)CC2)c1F. The number of alkyl halides is 3. The topological polar surface area (TPSA) is 57.7 Å². The molecule has 3 rings (SSSR count). The summed E-state index contributed by atoms with van der Waals surface area (Å²) in [7, 11) is 0. The van der Waals surface area contributed by atoms with Crippen LogP contribution in [0.2, 0.25) is 0 Å². The van der Waals surface area contributed by atoms with Crippen molar-refractivity contribution in [3.63, 3.8) is 0 Å². The van der Waals surface area contributed by atoms with Crippen LogP contribution in [-0.4, -0.2) is 33.0 Å². The van der Waals surface area contributed by atoms with Crippen molar-refractivity contribution in [3.8, 4) is 0 Å². The van der Waals surface area contributed by atoms with Gasteiger partial charge in [-0.1, -0.05) is 6.92 Å². The van der Waals surface area contributed by atoms with Crippen LogP contribution in [0.1, 0.15) is 42.9 Å². The maximum absolute atomic E-state index is 14.3. The van der Waals surface area contributed by atoms with Gasteiger partial charge < -0.3 is 9.88 Å². The molecule has 130 valence electrons. The van der Waals surface area contributed by atoms with Crippen molar-refractivity contribution in [2.45, 2.75) is 38.3 Å². The Morgan fingerprint density at radius 3 is 2.50 bits per heavy atom. The van der Waals surface area contributed by atoms with E-state index in [1.807, 2.05) is 6.92 Å². The zero-order valence-electron chi connectivity index (χ0n) is 13.1. The Morgan fingerprint density at radius 1 is 1.21 bits per heavy atom. The van der Waals surface area contributed by atoms with Gasteiger partial charge in [0.1, 0.15) is 17.8 Å². The van der Waals surface area contributed by atoms with E-state index in [1.165, 1.54) is 6.33 Å². The molecule has 2 aromatic rings. The van der Waals surface area contributed by atoms with Gasteiger partial charge in [-0.3, -0.25) is 0 Å².